The highest BCUT2D eigenvalue weighted by molar-refractivity contribution is 8.38. The number of aldehydes is 1. The highest BCUT2D eigenvalue weighted by atomic mass is 16.5. The molecule has 0 fully saturated rings. The van der Waals surface area contributed by atoms with Gasteiger partial charge in [-0.05, 0) is 60.9 Å². The molecule has 0 atom stereocenters. The minimum Gasteiger partial charge on any atom is -0.489 e. The van der Waals surface area contributed by atoms with E-state index in [1.54, 1.807) is 32.1 Å². The summed E-state index contributed by atoms with van der Waals surface area (Å²) in [7, 11) is 212. The first-order chi connectivity index (χ1) is 46.7. The molecule has 64 radical (unpaired) electrons. The van der Waals surface area contributed by atoms with Crippen LogP contribution in [0.1, 0.15) is 40.9 Å². The minimum absolute atomic E-state index is 0.293. The molecular formula is C33H32B62O5. The van der Waals surface area contributed by atoms with Crippen LogP contribution in [0.3, 0.4) is 0 Å². The van der Waals surface area contributed by atoms with Gasteiger partial charge < -0.3 is 14.2 Å². The van der Waals surface area contributed by atoms with Gasteiger partial charge in [0.2, 0.25) is 0 Å². The Kier molecular flexibility index (Phi) is 45.8. The molecule has 4 aromatic rings. The average Bonchev–Trinajstić information content (AvgIpc) is 0.725. The quantitative estimate of drug-likeness (QED) is 0.0193. The van der Waals surface area contributed by atoms with Gasteiger partial charge in [0.05, 0.1) is 6.61 Å². The molecule has 0 saturated carbocycles. The Hall–Kier alpha value is -0.614. The fourth-order valence-corrected chi connectivity index (χ4v) is 14.2. The summed E-state index contributed by atoms with van der Waals surface area (Å²) < 4.78 is 16.3. The second kappa shape index (κ2) is 48.0. The smallest absolute Gasteiger partial charge is 0.333 e. The maximum absolute atomic E-state index is 11.6. The zero-order valence-corrected chi connectivity index (χ0v) is 57.5. The lowest BCUT2D eigenvalue weighted by molar-refractivity contribution is -0.138. The second-order valence-electron chi connectivity index (χ2n) is 25.7. The van der Waals surface area contributed by atoms with E-state index in [1.165, 1.54) is 0 Å². The molecule has 0 aliphatic heterocycles. The summed E-state index contributed by atoms with van der Waals surface area (Å²) in [6.45, 7) is 4.96. The maximum Gasteiger partial charge on any atom is 0.333 e. The molecule has 0 bridgehead atoms. The van der Waals surface area contributed by atoms with Gasteiger partial charge >= 0.3 is 5.97 Å². The van der Waals surface area contributed by atoms with Crippen LogP contribution in [0.2, 0.25) is 0 Å². The lowest BCUT2D eigenvalue weighted by Gasteiger charge is -2.59. The molecule has 100 heavy (non-hydrogen) atoms. The van der Waals surface area contributed by atoms with E-state index in [1.807, 2.05) is 97.1 Å². The van der Waals surface area contributed by atoms with E-state index in [4.69, 9.17) is 262 Å². The van der Waals surface area contributed by atoms with E-state index in [2.05, 4.69) is 0 Å². The van der Waals surface area contributed by atoms with E-state index < -0.39 is 192 Å². The molecule has 4 rings (SSSR count). The summed E-state index contributed by atoms with van der Waals surface area (Å²) in [5, 5.41) is 0. The third-order valence-electron chi connectivity index (χ3n) is 18.2. The number of benzene rings is 4. The number of esters is 1. The highest BCUT2D eigenvalue weighted by Gasteiger charge is 2.63. The standard InChI is InChI=1S/C19H20O3.C14H12O2.B62/c1-3-21-19(20)15(2)12-17-10-7-11-18(13-17)22-14-16-8-5-4-6-9-16;15-10-13-7-4-8-14(9-13)16-11-12-5-2-1-3-6-12;1-33(2)49(34(3)4)57(50(35(5)6)36(7)8)61(58(51(37(9)10)38(11)12)52(39(13)14)40(15)16)62(59(53(41(17)18)42(19)20)54(43(21)22)44(23)24)60(55(45(25)26)46(27)28)56(47(29)30)48(31)32/h4-13H,3,14H2,1-2H3;1-10H,11H2;/b15-12+;;. The van der Waals surface area contributed by atoms with Crippen LogP contribution < -0.4 is 9.47 Å². The summed E-state index contributed by atoms with van der Waals surface area (Å²) in [4.78, 5) is 22.2. The molecular weight excluding hydrogens is 1150 g/mol. The molecule has 0 saturated heterocycles. The SMILES string of the molecule is CCOC(=O)/C(C)=C/c1cccc(OCc2ccccc2)c1.O=Cc1cccc(OCc2ccccc2)c1.[B]B([B])B(B([B])[B])B(B(B([B])[B])B([B])[B])B(B(B(B([B])[B])B([B])[B])B(B([B])[B])B([B])[B])B(B(B(B([B])[B])B([B])[B])B(B([B])[B])B([B])[B])B(B(B([B])[B])B([B])[B])B(B([B])[B])B([B])[B]. The Bertz CT molecular complexity index is 2610. The van der Waals surface area contributed by atoms with E-state index in [9.17, 15) is 9.59 Å². The van der Waals surface area contributed by atoms with Gasteiger partial charge in [-0.25, -0.2) is 4.79 Å². The van der Waals surface area contributed by atoms with E-state index in [-0.39, 0.29) is 5.97 Å². The number of hydrogen-bond acceptors (Lipinski definition) is 5. The van der Waals surface area contributed by atoms with E-state index in [0.29, 0.717) is 36.7 Å². The average molecular weight is 1180 g/mol. The van der Waals surface area contributed by atoms with Crippen LogP contribution >= 0.6 is 0 Å². The van der Waals surface area contributed by atoms with E-state index >= 15 is 0 Å². The Morgan fingerprint density at radius 1 is 0.310 bits per heavy atom. The second-order valence-corrected chi connectivity index (χ2v) is 25.7. The van der Waals surface area contributed by atoms with Gasteiger partial charge in [-0.3, -0.25) is 4.79 Å². The molecule has 0 spiro atoms. The Balaban J connectivity index is 0.000000708. The van der Waals surface area contributed by atoms with Crippen LogP contribution in [0, 0.1) is 0 Å². The van der Waals surface area contributed by atoms with Crippen molar-refractivity contribution >= 4 is 457 Å². The van der Waals surface area contributed by atoms with Crippen LogP contribution in [0.4, 0.5) is 0 Å². The van der Waals surface area contributed by atoms with Crippen molar-refractivity contribution in [3.8, 4) is 11.5 Å². The van der Waals surface area contributed by atoms with Crippen molar-refractivity contribution in [1.82, 2.24) is 0 Å². The number of carbonyl (C=O) groups is 2. The van der Waals surface area contributed by atoms with Gasteiger partial charge in [0.25, 0.3) is 0 Å². The lowest BCUT2D eigenvalue weighted by Crippen LogP contribution is -2.97. The monoisotopic (exact) mass is 1190 g/mol. The van der Waals surface area contributed by atoms with Crippen molar-refractivity contribution in [2.24, 2.45) is 0 Å². The number of carbonyl (C=O) groups excluding carboxylic acids is 2. The van der Waals surface area contributed by atoms with Crippen LogP contribution in [0.25, 0.3) is 6.08 Å². The van der Waals surface area contributed by atoms with Crippen LogP contribution in [-0.4, -0.2) is 458 Å². The summed E-state index contributed by atoms with van der Waals surface area (Å²) >= 11 is 0. The number of ether oxygens (including phenoxy) is 3. The summed E-state index contributed by atoms with van der Waals surface area (Å²) in [6, 6.07) is 34.7. The van der Waals surface area contributed by atoms with Gasteiger partial charge in [-0.2, -0.15) is 0 Å². The molecule has 4 aromatic carbocycles. The molecule has 0 amide bonds. The Labute approximate surface area is 657 Å². The minimum atomic E-state index is -1.56. The van der Waals surface area contributed by atoms with Crippen molar-refractivity contribution < 1.29 is 23.8 Å². The fourth-order valence-electron chi connectivity index (χ4n) is 14.2. The Morgan fingerprint density at radius 2 is 0.530 bits per heavy atom. The van der Waals surface area contributed by atoms with Gasteiger partial charge in [0.1, 0.15) is 31.0 Å². The molecule has 5 nitrogen and oxygen atoms in total. The zero-order chi connectivity index (χ0) is 76.3. The molecule has 0 aliphatic rings. The molecule has 0 aliphatic carbocycles. The third kappa shape index (κ3) is 29.8. The van der Waals surface area contributed by atoms with Crippen molar-refractivity contribution in [1.29, 1.82) is 0 Å². The zero-order valence-electron chi connectivity index (χ0n) is 57.5. The Morgan fingerprint density at radius 3 is 0.750 bits per heavy atom. The van der Waals surface area contributed by atoms with Crippen LogP contribution in [0.5, 0.6) is 11.5 Å². The molecule has 380 valence electrons. The highest BCUT2D eigenvalue weighted by Crippen LogP contribution is 2.26. The van der Waals surface area contributed by atoms with Crippen molar-refractivity contribution in [3.63, 3.8) is 0 Å². The van der Waals surface area contributed by atoms with Gasteiger partial charge in [-0.1, -0.05) is 84.9 Å². The first kappa shape index (κ1) is 95.5. The van der Waals surface area contributed by atoms with Gasteiger partial charge in [0.15, 0.2) is 0 Å². The summed E-state index contributed by atoms with van der Waals surface area (Å²) in [5.74, 6) is 1.20. The fraction of sp³-hybridized carbons (Fsp3) is 0.152. The van der Waals surface area contributed by atoms with Gasteiger partial charge in [-0.15, -0.1) is 0 Å². The first-order valence-corrected chi connectivity index (χ1v) is 32.7. The molecule has 0 N–H and O–H groups in total. The lowest BCUT2D eigenvalue weighted by atomic mass is 8.22. The predicted molar refractivity (Wildman–Crippen MR) is 507 cm³/mol. The topological polar surface area (TPSA) is 61.8 Å². The largest absolute Gasteiger partial charge is 0.489 e. The molecule has 67 heteroatoms. The predicted octanol–water partition coefficient (Wildman–Crippen LogP) is -16.3. The van der Waals surface area contributed by atoms with E-state index in [0.717, 1.165) is 28.7 Å². The first-order valence-electron chi connectivity index (χ1n) is 32.7. The van der Waals surface area contributed by atoms with Crippen LogP contribution in [-0.2, 0) is 22.7 Å². The third-order valence-corrected chi connectivity index (χ3v) is 18.2. The maximum atomic E-state index is 11.6. The van der Waals surface area contributed by atoms with Crippen molar-refractivity contribution in [2.45, 2.75) is 27.1 Å². The molecule has 0 heterocycles. The summed E-state index contributed by atoms with van der Waals surface area (Å²) in [6.07, 6.45) is -41.2. The summed E-state index contributed by atoms with van der Waals surface area (Å²) in [5.41, 5.74) is 4.34. The normalized spacial score (nSPS) is 10.0. The molecule has 0 aromatic heterocycles. The van der Waals surface area contributed by atoms with Crippen LogP contribution in [0.15, 0.2) is 115 Å². The number of hydrogen-bond donors (Lipinski definition) is 0. The number of rotatable bonds is 39. The van der Waals surface area contributed by atoms with Gasteiger partial charge in [0, 0.05) is 450 Å². The van der Waals surface area contributed by atoms with Crippen molar-refractivity contribution in [2.75, 3.05) is 6.61 Å². The van der Waals surface area contributed by atoms with Crippen molar-refractivity contribution in [3.05, 3.63) is 137 Å². The molecule has 0 unspecified atom stereocenters.